The van der Waals surface area contributed by atoms with E-state index < -0.39 is 128 Å². The maximum Gasteiger partial charge on any atom is 0.330 e. The summed E-state index contributed by atoms with van der Waals surface area (Å²) in [5.41, 5.74) is 5.01. The molecular weight excluding hydrogens is 1470 g/mol. The van der Waals surface area contributed by atoms with Crippen molar-refractivity contribution in [3.05, 3.63) is 177 Å². The maximum absolute atomic E-state index is 13.2. The van der Waals surface area contributed by atoms with Crippen molar-refractivity contribution in [2.24, 2.45) is 0 Å². The molecule has 0 saturated carbocycles. The fourth-order valence-electron chi connectivity index (χ4n) is 13.6. The molecule has 6 aliphatic rings. The van der Waals surface area contributed by atoms with Crippen molar-refractivity contribution in [2.75, 3.05) is 52.7 Å². The Morgan fingerprint density at radius 3 is 1.37 bits per heavy atom. The molecule has 0 bridgehead atoms. The first-order chi connectivity index (χ1) is 54.6. The van der Waals surface area contributed by atoms with Crippen molar-refractivity contribution in [1.82, 2.24) is 63.9 Å². The lowest BCUT2D eigenvalue weighted by atomic mass is 10.1. The van der Waals surface area contributed by atoms with Crippen molar-refractivity contribution in [2.45, 2.75) is 144 Å². The van der Waals surface area contributed by atoms with Gasteiger partial charge in [-0.05, 0) is 82.2 Å². The number of methoxy groups -OCH3 is 2. The molecule has 0 radical (unpaired) electrons. The molecule has 588 valence electrons. The summed E-state index contributed by atoms with van der Waals surface area (Å²) in [7, 11) is 2.65. The molecule has 14 unspecified atom stereocenters. The molecule has 6 saturated heterocycles. The number of anilines is 6. The minimum atomic E-state index is -1.53. The zero-order chi connectivity index (χ0) is 79.1. The number of carboxylic acids is 1. The van der Waals surface area contributed by atoms with Crippen molar-refractivity contribution < 1.29 is 95.9 Å². The Morgan fingerprint density at radius 2 is 0.920 bits per heavy atom. The second-order valence-electron chi connectivity index (χ2n) is 27.0. The first-order valence-electron chi connectivity index (χ1n) is 35.5. The molecule has 10 aromatic rings. The van der Waals surface area contributed by atoms with E-state index in [9.17, 15) is 43.8 Å². The normalized spacial score (nSPS) is 24.3. The average molecular weight is 1550 g/mol. The molecule has 6 aromatic heterocycles. The number of hydrogen-bond acceptors (Lipinski definition) is 28. The first-order valence-corrected chi connectivity index (χ1v) is 35.5. The van der Waals surface area contributed by atoms with Crippen LogP contribution < -0.4 is 37.2 Å². The number of nitrogens with one attached hydrogen (secondary N) is 7. The quantitative estimate of drug-likeness (QED) is 0.0282. The SMILES string of the molecule is COC(=O)/C=C/C1OC(n2cnc3c(NC(=O)Nc4ccccc4)ncnc32)C2OC(C)(C)OC12.COC(=O)CCC1OC(n2cnc3c(NC(=O)Nc4ccccc4)ncnc32)C2OC(C)(C)OC12.O=C(Nc1ccccc1)Nc1ncnc2c1ncn2C1OC(C(=O)NC(CO)C(=O)O)C2OC(Cc3ccccc3)OC21. The standard InChI is InChI=1S/C28H27N7O8.C23H26N6O6.C23H24N6O6/c36-12-17(27(38)39)33-25(37)21-20-22(42-18(41-20)11-15-7-3-1-4-8-15)26(43-21)35-14-31-19-23(29-13-30-24(19)35)34-28(40)32-16-9-5-2-6-10-16;2*1-23(2)34-17-14(9-10-15(30)32-3)33-21(18(17)35-23)29-12-26-16-19(24-11-25-20(16)29)28-22(31)27-13-7-5-4-6-8-13/h1-10,13-14,17-18,20-22,26,36H,11-12H2,(H,33,37)(H,38,39)(H2,29,30,32,34,40);4-8,11-12,14,17-18,21H,9-10H2,1-3H3,(H2,24,25,27,28,31);4-12,14,17-18,21H,1-3H3,(H2,24,25,27,28,31)/b;;10-9+. The smallest absolute Gasteiger partial charge is 0.330 e. The second-order valence-corrected chi connectivity index (χ2v) is 27.0. The molecular formula is C74H77N19O20. The number of hydrogen-bond donors (Lipinski definition) is 9. The highest BCUT2D eigenvalue weighted by Crippen LogP contribution is 2.47. The van der Waals surface area contributed by atoms with Crippen LogP contribution >= 0.6 is 0 Å². The topological polar surface area (TPSA) is 476 Å². The van der Waals surface area contributed by atoms with Crippen LogP contribution in [0.25, 0.3) is 33.5 Å². The second kappa shape index (κ2) is 33.6. The van der Waals surface area contributed by atoms with Crippen molar-refractivity contribution in [1.29, 1.82) is 0 Å². The summed E-state index contributed by atoms with van der Waals surface area (Å²) < 4.78 is 69.7. The van der Waals surface area contributed by atoms with E-state index in [0.29, 0.717) is 52.2 Å². The number of urea groups is 3. The van der Waals surface area contributed by atoms with Gasteiger partial charge in [0, 0.05) is 36.0 Å². The Hall–Kier alpha value is -12.4. The number of benzene rings is 4. The van der Waals surface area contributed by atoms with Gasteiger partial charge < -0.3 is 83.6 Å². The largest absolute Gasteiger partial charge is 0.480 e. The maximum atomic E-state index is 13.2. The summed E-state index contributed by atoms with van der Waals surface area (Å²) in [6.07, 6.45) is 3.62. The molecule has 6 aliphatic heterocycles. The monoisotopic (exact) mass is 1550 g/mol. The lowest BCUT2D eigenvalue weighted by Gasteiger charge is -2.24. The Kier molecular flexibility index (Phi) is 23.0. The zero-order valence-corrected chi connectivity index (χ0v) is 61.2. The fraction of sp³-hybridized carbons (Fsp3) is 0.351. The molecule has 0 aliphatic carbocycles. The van der Waals surface area contributed by atoms with Gasteiger partial charge in [0.05, 0.1) is 45.9 Å². The minimum Gasteiger partial charge on any atom is -0.480 e. The molecule has 16 rings (SSSR count). The Bertz CT molecular complexity index is 5120. The fourth-order valence-corrected chi connectivity index (χ4v) is 13.6. The third kappa shape index (κ3) is 17.5. The van der Waals surface area contributed by atoms with Gasteiger partial charge in [0.2, 0.25) is 0 Å². The lowest BCUT2D eigenvalue weighted by molar-refractivity contribution is -0.197. The highest BCUT2D eigenvalue weighted by molar-refractivity contribution is 6.05. The predicted molar refractivity (Wildman–Crippen MR) is 395 cm³/mol. The number of rotatable bonds is 20. The summed E-state index contributed by atoms with van der Waals surface area (Å²) in [6, 6.07) is 33.5. The van der Waals surface area contributed by atoms with Crippen molar-refractivity contribution in [3.63, 3.8) is 0 Å². The molecule has 6 fully saturated rings. The van der Waals surface area contributed by atoms with Crippen LogP contribution in [0.3, 0.4) is 0 Å². The van der Waals surface area contributed by atoms with Gasteiger partial charge in [0.1, 0.15) is 67.8 Å². The average Bonchev–Trinajstić information content (AvgIpc) is 1.60. The van der Waals surface area contributed by atoms with Crippen LogP contribution in [-0.4, -0.2) is 210 Å². The van der Waals surface area contributed by atoms with Gasteiger partial charge in [-0.3, -0.25) is 39.2 Å². The molecule has 39 nitrogen and oxygen atoms in total. The number of nitrogens with zero attached hydrogens (tertiary/aromatic N) is 12. The number of imidazole rings is 3. The number of para-hydroxylation sites is 3. The minimum absolute atomic E-state index is 0.138. The summed E-state index contributed by atoms with van der Waals surface area (Å²) in [4.78, 5) is 124. The van der Waals surface area contributed by atoms with Gasteiger partial charge in [0.25, 0.3) is 5.91 Å². The Balaban J connectivity index is 0.000000142. The number of aliphatic carboxylic acids is 1. The van der Waals surface area contributed by atoms with Crippen LogP contribution in [-0.2, 0) is 77.7 Å². The number of aliphatic hydroxyl groups is 1. The van der Waals surface area contributed by atoms with Crippen molar-refractivity contribution in [3.8, 4) is 0 Å². The first kappa shape index (κ1) is 77.3. The number of ether oxygens (including phenoxy) is 11. The van der Waals surface area contributed by atoms with Crippen LogP contribution in [0.1, 0.15) is 64.8 Å². The van der Waals surface area contributed by atoms with E-state index in [1.807, 2.05) is 100 Å². The molecule has 12 heterocycles. The molecule has 39 heteroatoms. The van der Waals surface area contributed by atoms with Crippen LogP contribution in [0.15, 0.2) is 171 Å². The van der Waals surface area contributed by atoms with E-state index in [-0.39, 0.29) is 53.2 Å². The Labute approximate surface area is 641 Å². The van der Waals surface area contributed by atoms with Crippen molar-refractivity contribution >= 4 is 110 Å². The number of aliphatic hydroxyl groups excluding tert-OH is 1. The number of esters is 2. The predicted octanol–water partition coefficient (Wildman–Crippen LogP) is 6.74. The van der Waals surface area contributed by atoms with Gasteiger partial charge in [-0.15, -0.1) is 0 Å². The summed E-state index contributed by atoms with van der Waals surface area (Å²) in [6.45, 7) is 6.48. The molecule has 4 aromatic carbocycles. The van der Waals surface area contributed by atoms with E-state index in [2.05, 4.69) is 86.8 Å². The summed E-state index contributed by atoms with van der Waals surface area (Å²) >= 11 is 0. The van der Waals surface area contributed by atoms with Gasteiger partial charge in [-0.1, -0.05) is 84.9 Å². The third-order valence-corrected chi connectivity index (χ3v) is 18.5. The number of aromatic nitrogens is 12. The number of carbonyl (C=O) groups is 7. The zero-order valence-electron chi connectivity index (χ0n) is 61.2. The number of carboxylic acid groups (broad SMARTS) is 1. The molecule has 14 atom stereocenters. The van der Waals surface area contributed by atoms with E-state index in [4.69, 9.17) is 47.4 Å². The van der Waals surface area contributed by atoms with Crippen LogP contribution in [0.2, 0.25) is 0 Å². The number of fused-ring (bicyclic) bond motifs is 6. The highest BCUT2D eigenvalue weighted by Gasteiger charge is 2.59. The molecule has 0 spiro atoms. The lowest BCUT2D eigenvalue weighted by Crippen LogP contribution is -2.50. The van der Waals surface area contributed by atoms with E-state index in [1.54, 1.807) is 76.4 Å². The van der Waals surface area contributed by atoms with Crippen LogP contribution in [0.4, 0.5) is 48.9 Å². The van der Waals surface area contributed by atoms with E-state index in [0.717, 1.165) is 5.56 Å². The Morgan fingerprint density at radius 1 is 0.496 bits per heavy atom. The van der Waals surface area contributed by atoms with Crippen LogP contribution in [0, 0.1) is 0 Å². The molecule has 113 heavy (non-hydrogen) atoms. The van der Waals surface area contributed by atoms with Gasteiger partial charge >= 0.3 is 36.0 Å². The summed E-state index contributed by atoms with van der Waals surface area (Å²) in [5.74, 6) is -4.04. The van der Waals surface area contributed by atoms with E-state index in [1.165, 1.54) is 50.2 Å². The van der Waals surface area contributed by atoms with E-state index >= 15 is 0 Å². The number of amides is 7. The summed E-state index contributed by atoms with van der Waals surface area (Å²) in [5, 5.41) is 37.3. The van der Waals surface area contributed by atoms with Gasteiger partial charge in [0.15, 0.2) is 93.6 Å². The van der Waals surface area contributed by atoms with Crippen LogP contribution in [0.5, 0.6) is 0 Å². The number of carbonyl (C=O) groups excluding carboxylic acids is 6. The highest BCUT2D eigenvalue weighted by atomic mass is 16.8. The van der Waals surface area contributed by atoms with Gasteiger partial charge in [-0.2, -0.15) is 0 Å². The third-order valence-electron chi connectivity index (χ3n) is 18.5. The molecule has 7 amide bonds. The van der Waals surface area contributed by atoms with Gasteiger partial charge in [-0.25, -0.2) is 68.8 Å². The molecule has 9 N–H and O–H groups in total.